The summed E-state index contributed by atoms with van der Waals surface area (Å²) in [7, 11) is 0. The second-order valence-corrected chi connectivity index (χ2v) is 6.28. The first-order valence-corrected chi connectivity index (χ1v) is 7.89. The Morgan fingerprint density at radius 2 is 1.95 bits per heavy atom. The van der Waals surface area contributed by atoms with Gasteiger partial charge in [0.1, 0.15) is 5.75 Å². The molecule has 4 heteroatoms. The highest BCUT2D eigenvalue weighted by atomic mass is 35.5. The van der Waals surface area contributed by atoms with Crippen LogP contribution in [0.1, 0.15) is 16.7 Å². The number of halogens is 1. The van der Waals surface area contributed by atoms with E-state index in [4.69, 9.17) is 16.3 Å². The van der Waals surface area contributed by atoms with E-state index in [1.165, 1.54) is 11.1 Å². The predicted octanol–water partition coefficient (Wildman–Crippen LogP) is 3.23. The van der Waals surface area contributed by atoms with E-state index in [1.54, 1.807) is 6.07 Å². The fourth-order valence-electron chi connectivity index (χ4n) is 3.24. The van der Waals surface area contributed by atoms with E-state index in [0.29, 0.717) is 18.0 Å². The van der Waals surface area contributed by atoms with Crippen LogP contribution in [0, 0.1) is 0 Å². The van der Waals surface area contributed by atoms with Crippen molar-refractivity contribution in [3.05, 3.63) is 64.2 Å². The number of amides is 1. The van der Waals surface area contributed by atoms with Crippen LogP contribution in [0.4, 0.5) is 0 Å². The van der Waals surface area contributed by atoms with Gasteiger partial charge in [-0.2, -0.15) is 0 Å². The highest BCUT2D eigenvalue weighted by molar-refractivity contribution is 6.30. The lowest BCUT2D eigenvalue weighted by atomic mass is 9.99. The van der Waals surface area contributed by atoms with E-state index in [0.717, 1.165) is 24.3 Å². The molecule has 3 nitrogen and oxygen atoms in total. The van der Waals surface area contributed by atoms with Crippen LogP contribution in [0.15, 0.2) is 42.5 Å². The van der Waals surface area contributed by atoms with Gasteiger partial charge in [0.05, 0.1) is 0 Å². The topological polar surface area (TPSA) is 29.5 Å². The molecule has 0 unspecified atom stereocenters. The van der Waals surface area contributed by atoms with Gasteiger partial charge in [-0.15, -0.1) is 0 Å². The highest BCUT2D eigenvalue weighted by Gasteiger charge is 2.33. The Morgan fingerprint density at radius 1 is 1.14 bits per heavy atom. The van der Waals surface area contributed by atoms with Gasteiger partial charge in [0.2, 0.25) is 0 Å². The van der Waals surface area contributed by atoms with Gasteiger partial charge in [0, 0.05) is 24.5 Å². The fourth-order valence-corrected chi connectivity index (χ4v) is 3.44. The first kappa shape index (κ1) is 13.6. The van der Waals surface area contributed by atoms with Gasteiger partial charge in [-0.1, -0.05) is 35.9 Å². The molecule has 2 heterocycles. The lowest BCUT2D eigenvalue weighted by Crippen LogP contribution is -2.43. The van der Waals surface area contributed by atoms with E-state index in [2.05, 4.69) is 18.2 Å². The maximum atomic E-state index is 12.7. The molecular formula is C18H16ClNO2. The Labute approximate surface area is 134 Å². The molecule has 0 saturated heterocycles. The molecule has 0 saturated carbocycles. The largest absolute Gasteiger partial charge is 0.480 e. The third kappa shape index (κ3) is 2.35. The lowest BCUT2D eigenvalue weighted by molar-refractivity contribution is -0.138. The molecule has 1 atom stereocenters. The van der Waals surface area contributed by atoms with Crippen LogP contribution in [-0.4, -0.2) is 23.5 Å². The smallest absolute Gasteiger partial charge is 0.264 e. The number of hydrogen-bond donors (Lipinski definition) is 0. The van der Waals surface area contributed by atoms with Crippen molar-refractivity contribution < 1.29 is 9.53 Å². The molecular weight excluding hydrogens is 298 g/mol. The van der Waals surface area contributed by atoms with Crippen molar-refractivity contribution in [3.8, 4) is 5.75 Å². The number of carbonyl (C=O) groups is 1. The lowest BCUT2D eigenvalue weighted by Gasteiger charge is -2.30. The molecule has 0 aromatic heterocycles. The molecule has 0 bridgehead atoms. The SMILES string of the molecule is O=C([C@@H]1Cc2cc(Cl)ccc2O1)N1CCc2ccccc2C1. The number of carbonyl (C=O) groups excluding carboxylic acids is 1. The molecule has 2 aliphatic rings. The van der Waals surface area contributed by atoms with Gasteiger partial charge in [-0.05, 0) is 41.3 Å². The molecule has 0 spiro atoms. The van der Waals surface area contributed by atoms with Crippen molar-refractivity contribution in [2.45, 2.75) is 25.5 Å². The fraction of sp³-hybridized carbons (Fsp3) is 0.278. The van der Waals surface area contributed by atoms with Crippen LogP contribution in [0.5, 0.6) is 5.75 Å². The maximum absolute atomic E-state index is 12.7. The van der Waals surface area contributed by atoms with Crippen molar-refractivity contribution in [1.29, 1.82) is 0 Å². The Balaban J connectivity index is 1.50. The summed E-state index contributed by atoms with van der Waals surface area (Å²) in [5.41, 5.74) is 3.60. The van der Waals surface area contributed by atoms with Gasteiger partial charge in [0.25, 0.3) is 5.91 Å². The van der Waals surface area contributed by atoms with Crippen LogP contribution in [0.3, 0.4) is 0 Å². The monoisotopic (exact) mass is 313 g/mol. The van der Waals surface area contributed by atoms with Crippen molar-refractivity contribution in [2.75, 3.05) is 6.54 Å². The zero-order valence-electron chi connectivity index (χ0n) is 12.1. The van der Waals surface area contributed by atoms with Gasteiger partial charge in [-0.3, -0.25) is 4.79 Å². The van der Waals surface area contributed by atoms with Crippen LogP contribution in [0.2, 0.25) is 5.02 Å². The summed E-state index contributed by atoms with van der Waals surface area (Å²) >= 11 is 6.00. The van der Waals surface area contributed by atoms with Crippen molar-refractivity contribution in [1.82, 2.24) is 4.90 Å². The molecule has 112 valence electrons. The maximum Gasteiger partial charge on any atom is 0.264 e. The zero-order valence-corrected chi connectivity index (χ0v) is 12.8. The minimum absolute atomic E-state index is 0.0711. The number of benzene rings is 2. The van der Waals surface area contributed by atoms with Gasteiger partial charge < -0.3 is 9.64 Å². The number of fused-ring (bicyclic) bond motifs is 2. The standard InChI is InChI=1S/C18H16ClNO2/c19-15-5-6-16-14(9-15)10-17(22-16)18(21)20-8-7-12-3-1-2-4-13(12)11-20/h1-6,9,17H,7-8,10-11H2/t17-/m0/s1. The molecule has 0 fully saturated rings. The number of ether oxygens (including phenoxy) is 1. The summed E-state index contributed by atoms with van der Waals surface area (Å²) in [5, 5.41) is 0.683. The van der Waals surface area contributed by atoms with E-state index >= 15 is 0 Å². The second kappa shape index (κ2) is 5.33. The molecule has 2 aromatic rings. The van der Waals surface area contributed by atoms with Gasteiger partial charge in [0.15, 0.2) is 6.10 Å². The van der Waals surface area contributed by atoms with Crippen LogP contribution >= 0.6 is 11.6 Å². The van der Waals surface area contributed by atoms with Gasteiger partial charge >= 0.3 is 0 Å². The summed E-state index contributed by atoms with van der Waals surface area (Å²) in [6, 6.07) is 13.8. The summed E-state index contributed by atoms with van der Waals surface area (Å²) in [6.45, 7) is 1.43. The molecule has 1 amide bonds. The third-order valence-corrected chi connectivity index (χ3v) is 4.65. The van der Waals surface area contributed by atoms with Crippen molar-refractivity contribution >= 4 is 17.5 Å². The summed E-state index contributed by atoms with van der Waals surface area (Å²) in [5.74, 6) is 0.849. The second-order valence-electron chi connectivity index (χ2n) is 5.84. The minimum atomic E-state index is -0.418. The Morgan fingerprint density at radius 3 is 2.82 bits per heavy atom. The van der Waals surface area contributed by atoms with Crippen molar-refractivity contribution in [3.63, 3.8) is 0 Å². The average Bonchev–Trinajstić information content (AvgIpc) is 2.96. The van der Waals surface area contributed by atoms with E-state index in [-0.39, 0.29) is 5.91 Å². The first-order valence-electron chi connectivity index (χ1n) is 7.51. The zero-order chi connectivity index (χ0) is 15.1. The molecule has 22 heavy (non-hydrogen) atoms. The predicted molar refractivity (Wildman–Crippen MR) is 85.1 cm³/mol. The normalized spacial score (nSPS) is 19.3. The van der Waals surface area contributed by atoms with E-state index < -0.39 is 6.10 Å². The Bertz CT molecular complexity index is 744. The van der Waals surface area contributed by atoms with E-state index in [1.807, 2.05) is 23.1 Å². The number of hydrogen-bond acceptors (Lipinski definition) is 2. The number of rotatable bonds is 1. The Kier molecular flexibility index (Phi) is 3.30. The summed E-state index contributed by atoms with van der Waals surface area (Å²) in [6.07, 6.45) is 1.10. The molecule has 2 aromatic carbocycles. The Hall–Kier alpha value is -2.00. The number of nitrogens with zero attached hydrogens (tertiary/aromatic N) is 1. The highest BCUT2D eigenvalue weighted by Crippen LogP contribution is 2.32. The molecule has 0 aliphatic carbocycles. The molecule has 2 aliphatic heterocycles. The molecule has 0 N–H and O–H groups in total. The summed E-state index contributed by atoms with van der Waals surface area (Å²) in [4.78, 5) is 14.6. The average molecular weight is 314 g/mol. The first-order chi connectivity index (χ1) is 10.7. The van der Waals surface area contributed by atoms with Crippen molar-refractivity contribution in [2.24, 2.45) is 0 Å². The molecule has 4 rings (SSSR count). The van der Waals surface area contributed by atoms with E-state index in [9.17, 15) is 4.79 Å². The summed E-state index contributed by atoms with van der Waals surface area (Å²) < 4.78 is 5.82. The van der Waals surface area contributed by atoms with Gasteiger partial charge in [-0.25, -0.2) is 0 Å². The van der Waals surface area contributed by atoms with Crippen LogP contribution < -0.4 is 4.74 Å². The molecule has 0 radical (unpaired) electrons. The quantitative estimate of drug-likeness (QED) is 0.809. The third-order valence-electron chi connectivity index (χ3n) is 4.41. The van der Waals surface area contributed by atoms with Crippen LogP contribution in [-0.2, 0) is 24.2 Å². The van der Waals surface area contributed by atoms with Crippen LogP contribution in [0.25, 0.3) is 0 Å². The minimum Gasteiger partial charge on any atom is -0.480 e.